The Morgan fingerprint density at radius 3 is 2.38 bits per heavy atom. The van der Waals surface area contributed by atoms with Crippen LogP contribution < -0.4 is 5.32 Å². The van der Waals surface area contributed by atoms with Gasteiger partial charge < -0.3 is 5.32 Å². The van der Waals surface area contributed by atoms with Crippen molar-refractivity contribution in [3.63, 3.8) is 0 Å². The van der Waals surface area contributed by atoms with Gasteiger partial charge in [0.25, 0.3) is 5.91 Å². The summed E-state index contributed by atoms with van der Waals surface area (Å²) in [5, 5.41) is 2.95. The Labute approximate surface area is 126 Å². The van der Waals surface area contributed by atoms with Crippen LogP contribution in [0, 0.1) is 5.41 Å². The fraction of sp³-hybridized carbons (Fsp3) is 0.533. The quantitative estimate of drug-likeness (QED) is 0.825. The molecule has 1 unspecified atom stereocenters. The lowest BCUT2D eigenvalue weighted by Gasteiger charge is -2.18. The first-order valence-electron chi connectivity index (χ1n) is 6.81. The van der Waals surface area contributed by atoms with Crippen LogP contribution in [0.5, 0.6) is 0 Å². The summed E-state index contributed by atoms with van der Waals surface area (Å²) >= 11 is -0.178. The maximum absolute atomic E-state index is 12.2. The Balaban J connectivity index is 1.94. The Hall–Kier alpha value is -1.17. The Morgan fingerprint density at radius 2 is 1.90 bits per heavy atom. The number of halogens is 3. The second-order valence-corrected chi connectivity index (χ2v) is 7.29. The number of hydrogen-bond donors (Lipinski definition) is 1. The van der Waals surface area contributed by atoms with Crippen LogP contribution in [0.15, 0.2) is 29.2 Å². The van der Waals surface area contributed by atoms with E-state index in [9.17, 15) is 18.0 Å². The van der Waals surface area contributed by atoms with Gasteiger partial charge in [0.2, 0.25) is 0 Å². The smallest absolute Gasteiger partial charge is 0.349 e. The summed E-state index contributed by atoms with van der Waals surface area (Å²) in [6, 6.07) is 5.67. The number of nitrogens with one attached hydrogen (secondary N) is 1. The molecule has 2 nitrogen and oxygen atoms in total. The van der Waals surface area contributed by atoms with E-state index in [1.807, 2.05) is 0 Å². The minimum atomic E-state index is -4.31. The summed E-state index contributed by atoms with van der Waals surface area (Å²) < 4.78 is 36.7. The number of alkyl halides is 3. The third kappa shape index (κ3) is 4.95. The third-order valence-corrected chi connectivity index (χ3v) is 4.39. The normalized spacial score (nSPS) is 21.3. The van der Waals surface area contributed by atoms with Crippen molar-refractivity contribution in [3.8, 4) is 0 Å². The highest BCUT2D eigenvalue weighted by molar-refractivity contribution is 8.00. The second-order valence-electron chi connectivity index (χ2n) is 6.15. The van der Waals surface area contributed by atoms with E-state index in [1.54, 1.807) is 0 Å². The number of carbonyl (C=O) groups is 1. The summed E-state index contributed by atoms with van der Waals surface area (Å²) in [5.41, 5.74) is -3.67. The van der Waals surface area contributed by atoms with Crippen molar-refractivity contribution in [2.75, 3.05) is 0 Å². The van der Waals surface area contributed by atoms with Crippen LogP contribution in [0.1, 0.15) is 43.5 Å². The molecule has 6 heteroatoms. The van der Waals surface area contributed by atoms with Gasteiger partial charge in [-0.1, -0.05) is 13.8 Å². The molecule has 1 saturated carbocycles. The van der Waals surface area contributed by atoms with Gasteiger partial charge in [0.1, 0.15) is 0 Å². The van der Waals surface area contributed by atoms with Crippen molar-refractivity contribution >= 4 is 17.7 Å². The molecule has 21 heavy (non-hydrogen) atoms. The third-order valence-electron chi connectivity index (χ3n) is 3.65. The van der Waals surface area contributed by atoms with E-state index in [0.29, 0.717) is 5.56 Å². The lowest BCUT2D eigenvalue weighted by molar-refractivity contribution is -0.0328. The molecule has 1 N–H and O–H groups in total. The van der Waals surface area contributed by atoms with E-state index in [1.165, 1.54) is 24.3 Å². The molecule has 1 fully saturated rings. The molecule has 1 aliphatic rings. The number of benzene rings is 1. The average Bonchev–Trinajstić information content (AvgIpc) is 2.67. The summed E-state index contributed by atoms with van der Waals surface area (Å²) in [6.45, 7) is 4.34. The predicted molar refractivity (Wildman–Crippen MR) is 77.2 cm³/mol. The van der Waals surface area contributed by atoms with Gasteiger partial charge in [-0.15, -0.1) is 0 Å². The first-order chi connectivity index (χ1) is 9.65. The zero-order valence-corrected chi connectivity index (χ0v) is 12.8. The molecule has 0 bridgehead atoms. The molecular formula is C15H18F3NOS. The molecule has 1 aromatic rings. The van der Waals surface area contributed by atoms with E-state index in [4.69, 9.17) is 0 Å². The number of hydrogen-bond acceptors (Lipinski definition) is 2. The number of carbonyl (C=O) groups excluding carboxylic acids is 1. The zero-order valence-electron chi connectivity index (χ0n) is 12.0. The average molecular weight is 317 g/mol. The molecule has 0 aromatic heterocycles. The lowest BCUT2D eigenvalue weighted by atomic mass is 9.92. The molecule has 1 aliphatic carbocycles. The van der Waals surface area contributed by atoms with Gasteiger partial charge in [0.15, 0.2) is 0 Å². The zero-order chi connectivity index (χ0) is 15.7. The minimum absolute atomic E-state index is 0.0843. The van der Waals surface area contributed by atoms with Gasteiger partial charge in [-0.3, -0.25) is 4.79 Å². The van der Waals surface area contributed by atoms with Gasteiger partial charge in [0.05, 0.1) is 0 Å². The van der Waals surface area contributed by atoms with Crippen molar-refractivity contribution in [1.82, 2.24) is 5.32 Å². The van der Waals surface area contributed by atoms with Gasteiger partial charge in [-0.2, -0.15) is 13.2 Å². The lowest BCUT2D eigenvalue weighted by Crippen LogP contribution is -2.33. The van der Waals surface area contributed by atoms with Crippen LogP contribution in [-0.2, 0) is 0 Å². The fourth-order valence-corrected chi connectivity index (χ4v) is 3.18. The summed E-state index contributed by atoms with van der Waals surface area (Å²) in [7, 11) is 0. The van der Waals surface area contributed by atoms with Crippen molar-refractivity contribution < 1.29 is 18.0 Å². The maximum Gasteiger partial charge on any atom is 0.446 e. The van der Waals surface area contributed by atoms with Gasteiger partial charge in [-0.25, -0.2) is 0 Å². The molecular weight excluding hydrogens is 299 g/mol. The van der Waals surface area contributed by atoms with E-state index >= 15 is 0 Å². The van der Waals surface area contributed by atoms with Crippen LogP contribution in [-0.4, -0.2) is 17.5 Å². The molecule has 0 aliphatic heterocycles. The summed E-state index contributed by atoms with van der Waals surface area (Å²) in [6.07, 6.45) is 2.95. The first kappa shape index (κ1) is 16.2. The van der Waals surface area contributed by atoms with E-state index in [-0.39, 0.29) is 34.0 Å². The topological polar surface area (TPSA) is 29.1 Å². The Bertz CT molecular complexity index is 511. The van der Waals surface area contributed by atoms with Crippen LogP contribution in [0.2, 0.25) is 0 Å². The summed E-state index contributed by atoms with van der Waals surface area (Å²) in [4.78, 5) is 12.2. The summed E-state index contributed by atoms with van der Waals surface area (Å²) in [5.74, 6) is -0.221. The molecule has 1 aromatic carbocycles. The van der Waals surface area contributed by atoms with Crippen LogP contribution in [0.3, 0.4) is 0 Å². The Morgan fingerprint density at radius 1 is 1.29 bits per heavy atom. The van der Waals surface area contributed by atoms with Crippen LogP contribution in [0.4, 0.5) is 13.2 Å². The molecule has 0 saturated heterocycles. The van der Waals surface area contributed by atoms with Crippen LogP contribution in [0.25, 0.3) is 0 Å². The fourth-order valence-electron chi connectivity index (χ4n) is 2.64. The van der Waals surface area contributed by atoms with Gasteiger partial charge in [0, 0.05) is 16.5 Å². The largest absolute Gasteiger partial charge is 0.446 e. The van der Waals surface area contributed by atoms with E-state index in [0.717, 1.165) is 19.3 Å². The van der Waals surface area contributed by atoms with E-state index in [2.05, 4.69) is 19.2 Å². The number of amides is 1. The highest BCUT2D eigenvalue weighted by Gasteiger charge is 2.32. The number of rotatable bonds is 3. The maximum atomic E-state index is 12.2. The molecule has 116 valence electrons. The standard InChI is InChI=1S/C15H18F3NOS/c1-14(2)8-7-11(9-14)19-13(20)10-3-5-12(6-4-10)21-15(16,17)18/h3-6,11H,7-9H2,1-2H3,(H,19,20). The predicted octanol–water partition coefficient (Wildman–Crippen LogP) is 4.61. The molecule has 0 heterocycles. The van der Waals surface area contributed by atoms with Crippen molar-refractivity contribution in [1.29, 1.82) is 0 Å². The first-order valence-corrected chi connectivity index (χ1v) is 7.63. The second kappa shape index (κ2) is 5.91. The highest BCUT2D eigenvalue weighted by Crippen LogP contribution is 2.38. The van der Waals surface area contributed by atoms with Crippen molar-refractivity contribution in [2.24, 2.45) is 5.41 Å². The van der Waals surface area contributed by atoms with E-state index < -0.39 is 5.51 Å². The molecule has 2 rings (SSSR count). The molecule has 0 radical (unpaired) electrons. The highest BCUT2D eigenvalue weighted by atomic mass is 32.2. The van der Waals surface area contributed by atoms with Gasteiger partial charge >= 0.3 is 5.51 Å². The Kier molecular flexibility index (Phi) is 4.56. The molecule has 1 atom stereocenters. The SMILES string of the molecule is CC1(C)CCC(NC(=O)c2ccc(SC(F)(F)F)cc2)C1. The monoisotopic (exact) mass is 317 g/mol. The minimum Gasteiger partial charge on any atom is -0.349 e. The van der Waals surface area contributed by atoms with Crippen molar-refractivity contribution in [2.45, 2.75) is 49.6 Å². The van der Waals surface area contributed by atoms with Crippen LogP contribution >= 0.6 is 11.8 Å². The molecule has 1 amide bonds. The molecule has 0 spiro atoms. The van der Waals surface area contributed by atoms with Gasteiger partial charge in [-0.05, 0) is 60.7 Å². The van der Waals surface area contributed by atoms with Crippen molar-refractivity contribution in [3.05, 3.63) is 29.8 Å². The number of thioether (sulfide) groups is 1.